The fourth-order valence-corrected chi connectivity index (χ4v) is 2.55. The predicted molar refractivity (Wildman–Crippen MR) is 123 cm³/mol. The Kier molecular flexibility index (Phi) is 10.1. The summed E-state index contributed by atoms with van der Waals surface area (Å²) >= 11 is 0. The van der Waals surface area contributed by atoms with Crippen LogP contribution in [-0.2, 0) is 6.54 Å². The van der Waals surface area contributed by atoms with Gasteiger partial charge in [0.2, 0.25) is 0 Å². The Morgan fingerprint density at radius 2 is 1.79 bits per heavy atom. The second kappa shape index (κ2) is 12.0. The SMILES string of the molecule is CN=C(NCCNc1ccc([N+](=O)[O-])cc1)N(C)Cc1ccc(OC)cc1.I. The van der Waals surface area contributed by atoms with Crippen molar-refractivity contribution in [1.29, 1.82) is 0 Å². The van der Waals surface area contributed by atoms with E-state index in [4.69, 9.17) is 4.74 Å². The van der Waals surface area contributed by atoms with Crippen LogP contribution in [0.2, 0.25) is 0 Å². The van der Waals surface area contributed by atoms with Crippen molar-refractivity contribution in [2.24, 2.45) is 4.99 Å². The highest BCUT2D eigenvalue weighted by Gasteiger charge is 2.07. The first-order valence-electron chi connectivity index (χ1n) is 8.56. The molecule has 0 amide bonds. The number of rotatable bonds is 8. The molecule has 2 N–H and O–H groups in total. The van der Waals surface area contributed by atoms with Crippen LogP contribution in [-0.4, -0.2) is 50.1 Å². The maximum Gasteiger partial charge on any atom is 0.269 e. The third-order valence-electron chi connectivity index (χ3n) is 3.97. The Morgan fingerprint density at radius 3 is 2.32 bits per heavy atom. The van der Waals surface area contributed by atoms with E-state index in [0.29, 0.717) is 13.1 Å². The lowest BCUT2D eigenvalue weighted by molar-refractivity contribution is -0.384. The van der Waals surface area contributed by atoms with Crippen molar-refractivity contribution in [3.8, 4) is 5.75 Å². The molecule has 0 atom stereocenters. The average Bonchev–Trinajstić information content (AvgIpc) is 2.69. The Balaban J connectivity index is 0.00000392. The number of nitrogens with one attached hydrogen (secondary N) is 2. The molecule has 0 aliphatic rings. The van der Waals surface area contributed by atoms with Crippen LogP contribution < -0.4 is 15.4 Å². The first-order valence-corrected chi connectivity index (χ1v) is 8.56. The van der Waals surface area contributed by atoms with Crippen LogP contribution in [0.15, 0.2) is 53.5 Å². The number of halogens is 1. The predicted octanol–water partition coefficient (Wildman–Crippen LogP) is 3.34. The summed E-state index contributed by atoms with van der Waals surface area (Å²) in [5, 5.41) is 17.2. The van der Waals surface area contributed by atoms with Gasteiger partial charge in [-0.3, -0.25) is 15.1 Å². The molecule has 0 bridgehead atoms. The second-order valence-electron chi connectivity index (χ2n) is 5.91. The summed E-state index contributed by atoms with van der Waals surface area (Å²) in [5.41, 5.74) is 2.08. The summed E-state index contributed by atoms with van der Waals surface area (Å²) in [6.45, 7) is 2.04. The van der Waals surface area contributed by atoms with Crippen molar-refractivity contribution < 1.29 is 9.66 Å². The van der Waals surface area contributed by atoms with E-state index in [2.05, 4.69) is 15.6 Å². The number of hydrogen-bond donors (Lipinski definition) is 2. The molecule has 0 radical (unpaired) electrons. The number of anilines is 1. The summed E-state index contributed by atoms with van der Waals surface area (Å²) < 4.78 is 5.17. The van der Waals surface area contributed by atoms with Crippen LogP contribution >= 0.6 is 24.0 Å². The number of guanidine groups is 1. The van der Waals surface area contributed by atoms with E-state index < -0.39 is 4.92 Å². The zero-order valence-corrected chi connectivity index (χ0v) is 18.5. The molecule has 0 aromatic heterocycles. The largest absolute Gasteiger partial charge is 0.497 e. The monoisotopic (exact) mass is 499 g/mol. The van der Waals surface area contributed by atoms with Crippen LogP contribution in [0.5, 0.6) is 5.75 Å². The molecule has 9 heteroatoms. The average molecular weight is 499 g/mol. The van der Waals surface area contributed by atoms with Crippen molar-refractivity contribution in [3.63, 3.8) is 0 Å². The molecule has 152 valence electrons. The zero-order chi connectivity index (χ0) is 19.6. The molecule has 28 heavy (non-hydrogen) atoms. The van der Waals surface area contributed by atoms with E-state index in [1.54, 1.807) is 26.3 Å². The molecule has 8 nitrogen and oxygen atoms in total. The van der Waals surface area contributed by atoms with E-state index in [9.17, 15) is 10.1 Å². The van der Waals surface area contributed by atoms with Gasteiger partial charge >= 0.3 is 0 Å². The molecule has 2 aromatic carbocycles. The van der Waals surface area contributed by atoms with Crippen molar-refractivity contribution in [2.45, 2.75) is 6.54 Å². The molecule has 0 aliphatic heterocycles. The van der Waals surface area contributed by atoms with E-state index in [1.807, 2.05) is 36.2 Å². The van der Waals surface area contributed by atoms with Crippen molar-refractivity contribution in [2.75, 3.05) is 39.6 Å². The lowest BCUT2D eigenvalue weighted by Crippen LogP contribution is -2.40. The number of aliphatic imine (C=N–C) groups is 1. The van der Waals surface area contributed by atoms with Gasteiger partial charge in [-0.2, -0.15) is 0 Å². The zero-order valence-electron chi connectivity index (χ0n) is 16.2. The number of ether oxygens (including phenoxy) is 1. The topological polar surface area (TPSA) is 92.0 Å². The molecule has 0 saturated heterocycles. The summed E-state index contributed by atoms with van der Waals surface area (Å²) in [7, 11) is 5.37. The highest BCUT2D eigenvalue weighted by atomic mass is 127. The Morgan fingerprint density at radius 1 is 1.14 bits per heavy atom. The Hall–Kier alpha value is -2.56. The standard InChI is InChI=1S/C19H25N5O3.HI/c1-20-19(23(2)14-15-4-10-18(27-3)11-5-15)22-13-12-21-16-6-8-17(9-7-16)24(25)26;/h4-11,21H,12-14H2,1-3H3,(H,20,22);1H. The lowest BCUT2D eigenvalue weighted by atomic mass is 10.2. The van der Waals surface area contributed by atoms with Crippen LogP contribution in [0.1, 0.15) is 5.56 Å². The van der Waals surface area contributed by atoms with Gasteiger partial charge in [0.1, 0.15) is 5.75 Å². The maximum absolute atomic E-state index is 10.7. The van der Waals surface area contributed by atoms with Gasteiger partial charge in [-0.1, -0.05) is 12.1 Å². The van der Waals surface area contributed by atoms with Crippen molar-refractivity contribution in [3.05, 3.63) is 64.2 Å². The van der Waals surface area contributed by atoms with Gasteiger partial charge < -0.3 is 20.3 Å². The number of nitrogens with zero attached hydrogens (tertiary/aromatic N) is 3. The first-order chi connectivity index (χ1) is 13.0. The minimum Gasteiger partial charge on any atom is -0.497 e. The molecule has 2 rings (SSSR count). The van der Waals surface area contributed by atoms with Crippen LogP contribution in [0.25, 0.3) is 0 Å². The third-order valence-corrected chi connectivity index (χ3v) is 3.97. The molecule has 0 saturated carbocycles. The minimum absolute atomic E-state index is 0. The van der Waals surface area contributed by atoms with Gasteiger partial charge in [0, 0.05) is 51.5 Å². The molecule has 0 fully saturated rings. The Bertz CT molecular complexity index is 766. The van der Waals surface area contributed by atoms with Gasteiger partial charge in [0.05, 0.1) is 12.0 Å². The fourth-order valence-electron chi connectivity index (χ4n) is 2.55. The van der Waals surface area contributed by atoms with E-state index >= 15 is 0 Å². The lowest BCUT2D eigenvalue weighted by Gasteiger charge is -2.22. The molecule has 0 spiro atoms. The van der Waals surface area contributed by atoms with Gasteiger partial charge in [-0.15, -0.1) is 24.0 Å². The van der Waals surface area contributed by atoms with Crippen LogP contribution in [0.3, 0.4) is 0 Å². The Labute approximate surface area is 182 Å². The summed E-state index contributed by atoms with van der Waals surface area (Å²) in [6.07, 6.45) is 0. The number of methoxy groups -OCH3 is 1. The first kappa shape index (κ1) is 23.5. The number of benzene rings is 2. The van der Waals surface area contributed by atoms with E-state index in [1.165, 1.54) is 12.1 Å². The van der Waals surface area contributed by atoms with Crippen LogP contribution in [0.4, 0.5) is 11.4 Å². The smallest absolute Gasteiger partial charge is 0.269 e. The van der Waals surface area contributed by atoms with Crippen molar-refractivity contribution >= 4 is 41.3 Å². The highest BCUT2D eigenvalue weighted by molar-refractivity contribution is 14.0. The summed E-state index contributed by atoms with van der Waals surface area (Å²) in [4.78, 5) is 16.6. The van der Waals surface area contributed by atoms with E-state index in [0.717, 1.165) is 29.5 Å². The summed E-state index contributed by atoms with van der Waals surface area (Å²) in [5.74, 6) is 1.62. The quantitative estimate of drug-likeness (QED) is 0.145. The normalized spacial score (nSPS) is 10.6. The molecular formula is C19H26IN5O3. The maximum atomic E-state index is 10.7. The van der Waals surface area contributed by atoms with Crippen LogP contribution in [0, 0.1) is 10.1 Å². The molecule has 2 aromatic rings. The summed E-state index contributed by atoms with van der Waals surface area (Å²) in [6, 6.07) is 14.3. The highest BCUT2D eigenvalue weighted by Crippen LogP contribution is 2.15. The van der Waals surface area contributed by atoms with Gasteiger partial charge in [0.15, 0.2) is 5.96 Å². The number of hydrogen-bond acceptors (Lipinski definition) is 5. The third kappa shape index (κ3) is 7.22. The molecular weight excluding hydrogens is 473 g/mol. The number of nitro benzene ring substituents is 1. The molecule has 0 aliphatic carbocycles. The van der Waals surface area contributed by atoms with Gasteiger partial charge in [0.25, 0.3) is 5.69 Å². The molecule has 0 unspecified atom stereocenters. The molecule has 0 heterocycles. The van der Waals surface area contributed by atoms with Gasteiger partial charge in [-0.05, 0) is 29.8 Å². The second-order valence-corrected chi connectivity index (χ2v) is 5.91. The number of nitro groups is 1. The number of non-ortho nitro benzene ring substituents is 1. The fraction of sp³-hybridized carbons (Fsp3) is 0.316. The van der Waals surface area contributed by atoms with Crippen molar-refractivity contribution in [1.82, 2.24) is 10.2 Å². The van der Waals surface area contributed by atoms with E-state index in [-0.39, 0.29) is 29.7 Å². The minimum atomic E-state index is -0.409. The van der Waals surface area contributed by atoms with Gasteiger partial charge in [-0.25, -0.2) is 0 Å².